The van der Waals surface area contributed by atoms with Crippen LogP contribution in [0, 0.1) is 11.8 Å². The molecule has 0 heterocycles. The van der Waals surface area contributed by atoms with Crippen LogP contribution in [0.4, 0.5) is 0 Å². The number of carbonyl (C=O) groups is 2. The molecule has 2 rings (SSSR count). The largest absolute Gasteiger partial charge is 0.461 e. The molecule has 1 aliphatic rings. The van der Waals surface area contributed by atoms with E-state index in [4.69, 9.17) is 4.74 Å². The monoisotopic (exact) mass is 246 g/mol. The molecule has 1 aromatic rings. The van der Waals surface area contributed by atoms with Crippen molar-refractivity contribution in [2.75, 3.05) is 0 Å². The molecule has 1 saturated carbocycles. The van der Waals surface area contributed by atoms with Gasteiger partial charge >= 0.3 is 5.97 Å². The summed E-state index contributed by atoms with van der Waals surface area (Å²) in [6.07, 6.45) is 4.31. The van der Waals surface area contributed by atoms with Gasteiger partial charge in [0.05, 0.1) is 5.92 Å². The molecule has 3 nitrogen and oxygen atoms in total. The van der Waals surface area contributed by atoms with Crippen molar-refractivity contribution in [2.45, 2.75) is 32.3 Å². The molecule has 0 aliphatic heterocycles. The Balaban J connectivity index is 1.82. The normalized spacial score (nSPS) is 23.3. The molecule has 0 radical (unpaired) electrons. The highest BCUT2D eigenvalue weighted by Gasteiger charge is 2.27. The van der Waals surface area contributed by atoms with Crippen LogP contribution in [-0.4, -0.2) is 12.3 Å². The van der Waals surface area contributed by atoms with E-state index in [2.05, 4.69) is 0 Å². The van der Waals surface area contributed by atoms with Crippen LogP contribution in [0.3, 0.4) is 0 Å². The van der Waals surface area contributed by atoms with Crippen molar-refractivity contribution in [2.24, 2.45) is 11.8 Å². The maximum absolute atomic E-state index is 11.9. The predicted octanol–water partition coefficient (Wildman–Crippen LogP) is 2.74. The molecule has 0 spiro atoms. The maximum Gasteiger partial charge on any atom is 0.309 e. The number of hydrogen-bond donors (Lipinski definition) is 0. The Kier molecular flexibility index (Phi) is 4.51. The van der Waals surface area contributed by atoms with Gasteiger partial charge in [-0.2, -0.15) is 0 Å². The van der Waals surface area contributed by atoms with Crippen molar-refractivity contribution in [3.05, 3.63) is 35.9 Å². The van der Waals surface area contributed by atoms with E-state index in [1.165, 1.54) is 0 Å². The zero-order chi connectivity index (χ0) is 12.8. The van der Waals surface area contributed by atoms with Gasteiger partial charge in [0, 0.05) is 5.92 Å². The summed E-state index contributed by atoms with van der Waals surface area (Å²) in [5.74, 6) is -0.226. The Morgan fingerprint density at radius 2 is 2.06 bits per heavy atom. The van der Waals surface area contributed by atoms with E-state index in [-0.39, 0.29) is 17.8 Å². The topological polar surface area (TPSA) is 43.4 Å². The summed E-state index contributed by atoms with van der Waals surface area (Å²) in [5, 5.41) is 0. The molecule has 1 aromatic carbocycles. The Hall–Kier alpha value is -1.64. The van der Waals surface area contributed by atoms with Gasteiger partial charge in [-0.15, -0.1) is 0 Å². The molecule has 0 N–H and O–H groups in total. The van der Waals surface area contributed by atoms with Crippen molar-refractivity contribution in [3.8, 4) is 0 Å². The van der Waals surface area contributed by atoms with Crippen LogP contribution in [0.2, 0.25) is 0 Å². The van der Waals surface area contributed by atoms with E-state index in [0.717, 1.165) is 31.1 Å². The van der Waals surface area contributed by atoms with E-state index in [1.54, 1.807) is 0 Å². The lowest BCUT2D eigenvalue weighted by atomic mass is 9.82. The van der Waals surface area contributed by atoms with Gasteiger partial charge in [0.25, 0.3) is 0 Å². The lowest BCUT2D eigenvalue weighted by Gasteiger charge is -2.24. The highest BCUT2D eigenvalue weighted by molar-refractivity contribution is 5.73. The summed E-state index contributed by atoms with van der Waals surface area (Å²) in [5.41, 5.74) is 0.994. The maximum atomic E-state index is 11.9. The second-order valence-corrected chi connectivity index (χ2v) is 4.85. The summed E-state index contributed by atoms with van der Waals surface area (Å²) >= 11 is 0. The number of hydrogen-bond acceptors (Lipinski definition) is 3. The van der Waals surface area contributed by atoms with Crippen molar-refractivity contribution < 1.29 is 14.3 Å². The van der Waals surface area contributed by atoms with Crippen LogP contribution in [0.1, 0.15) is 31.2 Å². The molecule has 1 fully saturated rings. The van der Waals surface area contributed by atoms with E-state index in [1.807, 2.05) is 30.3 Å². The molecule has 2 atom stereocenters. The average Bonchev–Trinajstić information content (AvgIpc) is 2.46. The molecule has 2 unspecified atom stereocenters. The quantitative estimate of drug-likeness (QED) is 0.606. The molecule has 96 valence electrons. The Morgan fingerprint density at radius 1 is 1.28 bits per heavy atom. The molecular weight excluding hydrogens is 228 g/mol. The minimum atomic E-state index is -0.162. The van der Waals surface area contributed by atoms with Gasteiger partial charge in [-0.05, 0) is 24.8 Å². The van der Waals surface area contributed by atoms with E-state index < -0.39 is 0 Å². The van der Waals surface area contributed by atoms with Crippen LogP contribution in [-0.2, 0) is 20.9 Å². The molecule has 18 heavy (non-hydrogen) atoms. The number of carbonyl (C=O) groups excluding carboxylic acids is 2. The third-order valence-electron chi connectivity index (χ3n) is 3.46. The summed E-state index contributed by atoms with van der Waals surface area (Å²) in [7, 11) is 0. The molecule has 3 heteroatoms. The SMILES string of the molecule is O=CC1CCCC(C(=O)OCc2ccccc2)C1. The first kappa shape index (κ1) is 12.8. The Morgan fingerprint density at radius 3 is 2.78 bits per heavy atom. The van der Waals surface area contributed by atoms with E-state index in [9.17, 15) is 9.59 Å². The zero-order valence-electron chi connectivity index (χ0n) is 10.4. The number of benzene rings is 1. The van der Waals surface area contributed by atoms with Crippen LogP contribution < -0.4 is 0 Å². The van der Waals surface area contributed by atoms with Crippen molar-refractivity contribution >= 4 is 12.3 Å². The van der Waals surface area contributed by atoms with Gasteiger partial charge in [-0.1, -0.05) is 36.8 Å². The first-order valence-electron chi connectivity index (χ1n) is 6.45. The second kappa shape index (κ2) is 6.34. The number of esters is 1. The van der Waals surface area contributed by atoms with Crippen LogP contribution in [0.25, 0.3) is 0 Å². The first-order chi connectivity index (χ1) is 8.79. The fourth-order valence-corrected chi connectivity index (χ4v) is 2.41. The molecule has 1 aliphatic carbocycles. The minimum absolute atomic E-state index is 0.0352. The number of aldehydes is 1. The highest BCUT2D eigenvalue weighted by Crippen LogP contribution is 2.28. The predicted molar refractivity (Wildman–Crippen MR) is 67.8 cm³/mol. The average molecular weight is 246 g/mol. The van der Waals surface area contributed by atoms with Crippen LogP contribution in [0.15, 0.2) is 30.3 Å². The molecule has 0 saturated heterocycles. The van der Waals surface area contributed by atoms with E-state index in [0.29, 0.717) is 13.0 Å². The third-order valence-corrected chi connectivity index (χ3v) is 3.46. The van der Waals surface area contributed by atoms with Crippen molar-refractivity contribution in [3.63, 3.8) is 0 Å². The molecular formula is C15H18O3. The fraction of sp³-hybridized carbons (Fsp3) is 0.467. The van der Waals surface area contributed by atoms with Crippen molar-refractivity contribution in [1.82, 2.24) is 0 Å². The standard InChI is InChI=1S/C15H18O3/c16-10-13-7-4-8-14(9-13)15(17)18-11-12-5-2-1-3-6-12/h1-3,5-6,10,13-14H,4,7-9,11H2. The second-order valence-electron chi connectivity index (χ2n) is 4.85. The zero-order valence-corrected chi connectivity index (χ0v) is 10.4. The van der Waals surface area contributed by atoms with Gasteiger partial charge in [0.2, 0.25) is 0 Å². The summed E-state index contributed by atoms with van der Waals surface area (Å²) < 4.78 is 5.31. The van der Waals surface area contributed by atoms with Crippen molar-refractivity contribution in [1.29, 1.82) is 0 Å². The lowest BCUT2D eigenvalue weighted by Crippen LogP contribution is -2.25. The molecule has 0 aromatic heterocycles. The van der Waals surface area contributed by atoms with Gasteiger partial charge in [0.1, 0.15) is 12.9 Å². The van der Waals surface area contributed by atoms with E-state index >= 15 is 0 Å². The molecule has 0 amide bonds. The first-order valence-corrected chi connectivity index (χ1v) is 6.45. The highest BCUT2D eigenvalue weighted by atomic mass is 16.5. The van der Waals surface area contributed by atoms with Gasteiger partial charge in [-0.25, -0.2) is 0 Å². The Bertz CT molecular complexity index is 399. The van der Waals surface area contributed by atoms with Gasteiger partial charge < -0.3 is 9.53 Å². The number of rotatable bonds is 4. The van der Waals surface area contributed by atoms with Gasteiger partial charge in [-0.3, -0.25) is 4.79 Å². The molecule has 0 bridgehead atoms. The summed E-state index contributed by atoms with van der Waals surface area (Å²) in [4.78, 5) is 22.7. The fourth-order valence-electron chi connectivity index (χ4n) is 2.41. The van der Waals surface area contributed by atoms with Gasteiger partial charge in [0.15, 0.2) is 0 Å². The lowest BCUT2D eigenvalue weighted by molar-refractivity contribution is -0.151. The van der Waals surface area contributed by atoms with Crippen LogP contribution >= 0.6 is 0 Å². The van der Waals surface area contributed by atoms with Crippen LogP contribution in [0.5, 0.6) is 0 Å². The number of ether oxygens (including phenoxy) is 1. The third kappa shape index (κ3) is 3.42. The minimum Gasteiger partial charge on any atom is -0.461 e. The Labute approximate surface area is 107 Å². The summed E-state index contributed by atoms with van der Waals surface area (Å²) in [6, 6.07) is 9.64. The summed E-state index contributed by atoms with van der Waals surface area (Å²) in [6.45, 7) is 0.321. The smallest absolute Gasteiger partial charge is 0.309 e.